The maximum absolute atomic E-state index is 12.2. The van der Waals surface area contributed by atoms with E-state index in [1.54, 1.807) is 6.92 Å². The molecule has 3 atom stereocenters. The molecule has 1 aromatic carbocycles. The molecule has 0 heterocycles. The summed E-state index contributed by atoms with van der Waals surface area (Å²) in [6.07, 6.45) is 3.98. The number of rotatable bonds is 5. The van der Waals surface area contributed by atoms with Crippen molar-refractivity contribution in [1.29, 1.82) is 0 Å². The molecule has 0 saturated heterocycles. The number of benzene rings is 1. The molecule has 1 N–H and O–H groups in total. The summed E-state index contributed by atoms with van der Waals surface area (Å²) in [5.74, 6) is -0.0719. The molecule has 1 saturated carbocycles. The summed E-state index contributed by atoms with van der Waals surface area (Å²) in [7, 11) is 0. The van der Waals surface area contributed by atoms with Crippen molar-refractivity contribution in [3.8, 4) is 0 Å². The van der Waals surface area contributed by atoms with Crippen LogP contribution in [0.2, 0.25) is 0 Å². The van der Waals surface area contributed by atoms with Gasteiger partial charge in [0.05, 0.1) is 6.42 Å². The second-order valence-corrected chi connectivity index (χ2v) is 6.67. The van der Waals surface area contributed by atoms with Crippen LogP contribution in [0.1, 0.15) is 50.7 Å². The SMILES string of the molecule is Cc1ccc(CC(=O)O[C@H](C)C(=O)N[C@@H]2CCCC[C@@H]2C)cc1. The average Bonchev–Trinajstić information content (AvgIpc) is 2.51. The first-order valence-electron chi connectivity index (χ1n) is 8.51. The van der Waals surface area contributed by atoms with Crippen molar-refractivity contribution < 1.29 is 14.3 Å². The fourth-order valence-electron chi connectivity index (χ4n) is 3.00. The van der Waals surface area contributed by atoms with E-state index in [4.69, 9.17) is 4.74 Å². The van der Waals surface area contributed by atoms with Crippen LogP contribution in [-0.4, -0.2) is 24.0 Å². The van der Waals surface area contributed by atoms with Gasteiger partial charge in [0.25, 0.3) is 5.91 Å². The Morgan fingerprint density at radius 3 is 2.52 bits per heavy atom. The van der Waals surface area contributed by atoms with Gasteiger partial charge in [-0.3, -0.25) is 9.59 Å². The summed E-state index contributed by atoms with van der Waals surface area (Å²) in [4.78, 5) is 24.2. The third-order valence-electron chi connectivity index (χ3n) is 4.59. The van der Waals surface area contributed by atoms with Gasteiger partial charge in [-0.05, 0) is 38.2 Å². The second-order valence-electron chi connectivity index (χ2n) is 6.67. The minimum Gasteiger partial charge on any atom is -0.452 e. The zero-order valence-electron chi connectivity index (χ0n) is 14.3. The molecule has 0 aliphatic heterocycles. The van der Waals surface area contributed by atoms with Crippen molar-refractivity contribution in [3.63, 3.8) is 0 Å². The van der Waals surface area contributed by atoms with Crippen LogP contribution in [-0.2, 0) is 20.7 Å². The zero-order valence-corrected chi connectivity index (χ0v) is 14.3. The van der Waals surface area contributed by atoms with Crippen molar-refractivity contribution >= 4 is 11.9 Å². The van der Waals surface area contributed by atoms with Crippen molar-refractivity contribution in [2.75, 3.05) is 0 Å². The standard InChI is InChI=1S/C19H27NO3/c1-13-8-10-16(11-9-13)12-18(21)23-15(3)19(22)20-17-7-5-4-6-14(17)2/h8-11,14-15,17H,4-7,12H2,1-3H3,(H,20,22)/t14-,15+,17+/m0/s1. The van der Waals surface area contributed by atoms with Crippen LogP contribution < -0.4 is 5.32 Å². The van der Waals surface area contributed by atoms with Gasteiger partial charge in [-0.1, -0.05) is 49.6 Å². The third-order valence-corrected chi connectivity index (χ3v) is 4.59. The summed E-state index contributed by atoms with van der Waals surface area (Å²) < 4.78 is 5.27. The van der Waals surface area contributed by atoms with E-state index in [0.29, 0.717) is 5.92 Å². The van der Waals surface area contributed by atoms with Crippen molar-refractivity contribution in [2.45, 2.75) is 65.0 Å². The van der Waals surface area contributed by atoms with Crippen LogP contribution in [0, 0.1) is 12.8 Å². The van der Waals surface area contributed by atoms with Gasteiger partial charge >= 0.3 is 5.97 Å². The Kier molecular flexibility index (Phi) is 6.20. The van der Waals surface area contributed by atoms with Gasteiger partial charge in [0.1, 0.15) is 0 Å². The topological polar surface area (TPSA) is 55.4 Å². The molecule has 0 unspecified atom stereocenters. The van der Waals surface area contributed by atoms with Gasteiger partial charge in [0.2, 0.25) is 0 Å². The Balaban J connectivity index is 1.80. The largest absolute Gasteiger partial charge is 0.452 e. The molecule has 1 amide bonds. The number of ether oxygens (including phenoxy) is 1. The summed E-state index contributed by atoms with van der Waals surface area (Å²) in [5.41, 5.74) is 2.05. The molecule has 23 heavy (non-hydrogen) atoms. The number of amides is 1. The molecule has 0 bridgehead atoms. The Bertz CT molecular complexity index is 538. The van der Waals surface area contributed by atoms with Crippen molar-refractivity contribution in [3.05, 3.63) is 35.4 Å². The molecule has 4 heteroatoms. The maximum Gasteiger partial charge on any atom is 0.311 e. The van der Waals surface area contributed by atoms with Gasteiger partial charge in [-0.15, -0.1) is 0 Å². The minimum atomic E-state index is -0.748. The van der Waals surface area contributed by atoms with Crippen LogP contribution in [0.5, 0.6) is 0 Å². The van der Waals surface area contributed by atoms with Crippen molar-refractivity contribution in [2.24, 2.45) is 5.92 Å². The first-order chi connectivity index (χ1) is 11.0. The first kappa shape index (κ1) is 17.5. The molecule has 2 rings (SSSR count). The van der Waals surface area contributed by atoms with Crippen LogP contribution >= 0.6 is 0 Å². The lowest BCUT2D eigenvalue weighted by Gasteiger charge is -2.30. The molecule has 0 radical (unpaired) electrons. The van der Waals surface area contributed by atoms with Gasteiger partial charge in [0, 0.05) is 6.04 Å². The molecular formula is C19H27NO3. The number of nitrogens with one attached hydrogen (secondary N) is 1. The van der Waals surface area contributed by atoms with Crippen LogP contribution in [0.25, 0.3) is 0 Å². The van der Waals surface area contributed by atoms with Gasteiger partial charge in [0.15, 0.2) is 6.10 Å². The second kappa shape index (κ2) is 8.14. The molecule has 0 aromatic heterocycles. The number of hydrogen-bond donors (Lipinski definition) is 1. The van der Waals surface area contributed by atoms with E-state index < -0.39 is 6.10 Å². The quantitative estimate of drug-likeness (QED) is 0.849. The van der Waals surface area contributed by atoms with E-state index in [0.717, 1.165) is 30.4 Å². The molecule has 4 nitrogen and oxygen atoms in total. The van der Waals surface area contributed by atoms with E-state index in [-0.39, 0.29) is 24.3 Å². The predicted molar refractivity (Wildman–Crippen MR) is 90.0 cm³/mol. The molecule has 1 aliphatic rings. The highest BCUT2D eigenvalue weighted by molar-refractivity contribution is 5.84. The minimum absolute atomic E-state index is 0.192. The van der Waals surface area contributed by atoms with E-state index in [9.17, 15) is 9.59 Å². The van der Waals surface area contributed by atoms with E-state index >= 15 is 0 Å². The van der Waals surface area contributed by atoms with E-state index in [1.807, 2.05) is 31.2 Å². The van der Waals surface area contributed by atoms with Crippen LogP contribution in [0.4, 0.5) is 0 Å². The summed E-state index contributed by atoms with van der Waals surface area (Å²) in [5, 5.41) is 3.03. The van der Waals surface area contributed by atoms with E-state index in [1.165, 1.54) is 6.42 Å². The first-order valence-corrected chi connectivity index (χ1v) is 8.51. The molecule has 0 spiro atoms. The highest BCUT2D eigenvalue weighted by atomic mass is 16.5. The normalized spacial score (nSPS) is 22.2. The molecule has 1 aromatic rings. The number of esters is 1. The molecule has 126 valence electrons. The average molecular weight is 317 g/mol. The lowest BCUT2D eigenvalue weighted by Crippen LogP contribution is -2.46. The highest BCUT2D eigenvalue weighted by Crippen LogP contribution is 2.23. The molecular weight excluding hydrogens is 290 g/mol. The number of aryl methyl sites for hydroxylation is 1. The Hall–Kier alpha value is -1.84. The fourth-order valence-corrected chi connectivity index (χ4v) is 3.00. The Morgan fingerprint density at radius 1 is 1.22 bits per heavy atom. The van der Waals surface area contributed by atoms with Gasteiger partial charge < -0.3 is 10.1 Å². The number of hydrogen-bond acceptors (Lipinski definition) is 3. The monoisotopic (exact) mass is 317 g/mol. The van der Waals surface area contributed by atoms with Gasteiger partial charge in [-0.2, -0.15) is 0 Å². The molecule has 1 aliphatic carbocycles. The smallest absolute Gasteiger partial charge is 0.311 e. The lowest BCUT2D eigenvalue weighted by molar-refractivity contribution is -0.154. The van der Waals surface area contributed by atoms with Crippen molar-refractivity contribution in [1.82, 2.24) is 5.32 Å². The lowest BCUT2D eigenvalue weighted by atomic mass is 9.86. The summed E-state index contributed by atoms with van der Waals surface area (Å²) in [6.45, 7) is 5.80. The maximum atomic E-state index is 12.2. The Morgan fingerprint density at radius 2 is 1.87 bits per heavy atom. The Labute approximate surface area is 138 Å². The van der Waals surface area contributed by atoms with E-state index in [2.05, 4.69) is 12.2 Å². The number of carbonyl (C=O) groups excluding carboxylic acids is 2. The summed E-state index contributed by atoms with van der Waals surface area (Å²) >= 11 is 0. The molecule has 1 fully saturated rings. The van der Waals surface area contributed by atoms with Gasteiger partial charge in [-0.25, -0.2) is 0 Å². The van der Waals surface area contributed by atoms with Crippen LogP contribution in [0.3, 0.4) is 0 Å². The van der Waals surface area contributed by atoms with Crippen LogP contribution in [0.15, 0.2) is 24.3 Å². The zero-order chi connectivity index (χ0) is 16.8. The predicted octanol–water partition coefficient (Wildman–Crippen LogP) is 3.16. The fraction of sp³-hybridized carbons (Fsp3) is 0.579. The summed E-state index contributed by atoms with van der Waals surface area (Å²) in [6, 6.07) is 7.94. The number of carbonyl (C=O) groups is 2. The third kappa shape index (κ3) is 5.38. The highest BCUT2D eigenvalue weighted by Gasteiger charge is 2.26.